The molecule has 0 N–H and O–H groups in total. The molecule has 0 spiro atoms. The molecule has 1 aromatic heterocycles. The molecule has 32 heavy (non-hydrogen) atoms. The van der Waals surface area contributed by atoms with Crippen molar-refractivity contribution >= 4 is 29.5 Å². The van der Waals surface area contributed by atoms with E-state index in [1.807, 2.05) is 18.2 Å². The lowest BCUT2D eigenvalue weighted by Gasteiger charge is -2.47. The second-order valence-electron chi connectivity index (χ2n) is 8.24. The van der Waals surface area contributed by atoms with Crippen LogP contribution in [-0.2, 0) is 15.3 Å². The Morgan fingerprint density at radius 3 is 2.56 bits per heavy atom. The molecule has 0 bridgehead atoms. The van der Waals surface area contributed by atoms with Crippen LogP contribution < -0.4 is 0 Å². The number of nitrogens with zero attached hydrogens (tertiary/aromatic N) is 4. The Morgan fingerprint density at radius 1 is 1.06 bits per heavy atom. The van der Waals surface area contributed by atoms with Gasteiger partial charge < -0.3 is 19.1 Å². The topological polar surface area (TPSA) is 97.9 Å². The molecule has 0 aliphatic carbocycles. The average molecular weight is 451 g/mol. The van der Waals surface area contributed by atoms with Gasteiger partial charge in [-0.15, -0.1) is 11.8 Å². The molecule has 1 aromatic carbocycles. The molecular weight excluding hydrogens is 428 g/mol. The molecule has 3 fully saturated rings. The zero-order valence-electron chi connectivity index (χ0n) is 17.3. The van der Waals surface area contributed by atoms with Gasteiger partial charge in [0, 0.05) is 30.4 Å². The van der Waals surface area contributed by atoms with Crippen LogP contribution in [0.1, 0.15) is 28.1 Å². The molecule has 5 rings (SSSR count). The third kappa shape index (κ3) is 3.65. The number of hydrogen-bond donors (Lipinski definition) is 0. The first-order valence-electron chi connectivity index (χ1n) is 10.6. The number of carbonyl (C=O) groups is 3. The summed E-state index contributed by atoms with van der Waals surface area (Å²) in [6.45, 7) is 1.47. The molecule has 0 saturated carbocycles. The number of thioether (sulfide) groups is 1. The lowest BCUT2D eigenvalue weighted by atomic mass is 10.0. The van der Waals surface area contributed by atoms with E-state index in [0.29, 0.717) is 42.9 Å². The Bertz CT molecular complexity index is 1080. The van der Waals surface area contributed by atoms with Crippen molar-refractivity contribution in [3.63, 3.8) is 0 Å². The molecule has 3 amide bonds. The summed E-state index contributed by atoms with van der Waals surface area (Å²) < 4.78 is 5.39. The fourth-order valence-corrected chi connectivity index (χ4v) is 5.83. The van der Waals surface area contributed by atoms with E-state index in [2.05, 4.69) is 0 Å². The molecule has 0 radical (unpaired) electrons. The molecule has 3 saturated heterocycles. The van der Waals surface area contributed by atoms with E-state index in [-0.39, 0.29) is 29.5 Å². The Labute approximate surface area is 189 Å². The van der Waals surface area contributed by atoms with Gasteiger partial charge in [0.1, 0.15) is 17.8 Å². The summed E-state index contributed by atoms with van der Waals surface area (Å²) in [4.78, 5) is 44.4. The summed E-state index contributed by atoms with van der Waals surface area (Å²) in [5, 5.41) is 9.12. The number of piperazine rings is 2. The number of hydrogen-bond acceptors (Lipinski definition) is 6. The summed E-state index contributed by atoms with van der Waals surface area (Å²) in [5.41, 5.74) is 0.958. The zero-order valence-corrected chi connectivity index (χ0v) is 18.2. The van der Waals surface area contributed by atoms with Crippen LogP contribution >= 0.6 is 11.8 Å². The maximum atomic E-state index is 13.3. The average Bonchev–Trinajstić information content (AvgIpc) is 3.51. The predicted octanol–water partition coefficient (Wildman–Crippen LogP) is 1.72. The highest BCUT2D eigenvalue weighted by Crippen LogP contribution is 2.35. The second kappa shape index (κ2) is 8.36. The van der Waals surface area contributed by atoms with E-state index >= 15 is 0 Å². The number of carbonyl (C=O) groups excluding carboxylic acids is 3. The second-order valence-corrected chi connectivity index (χ2v) is 9.53. The third-order valence-corrected chi connectivity index (χ3v) is 7.63. The third-order valence-electron chi connectivity index (χ3n) is 6.37. The van der Waals surface area contributed by atoms with E-state index in [4.69, 9.17) is 9.68 Å². The highest BCUT2D eigenvalue weighted by Gasteiger charge is 2.52. The van der Waals surface area contributed by atoms with Gasteiger partial charge in [0.15, 0.2) is 0 Å². The quantitative estimate of drug-likeness (QED) is 0.704. The van der Waals surface area contributed by atoms with Crippen molar-refractivity contribution in [2.24, 2.45) is 0 Å². The van der Waals surface area contributed by atoms with Crippen LogP contribution in [0, 0.1) is 11.3 Å². The number of furan rings is 1. The first-order valence-corrected chi connectivity index (χ1v) is 11.6. The van der Waals surface area contributed by atoms with Crippen LogP contribution in [0.3, 0.4) is 0 Å². The summed E-state index contributed by atoms with van der Waals surface area (Å²) in [6.07, 6.45) is 2.29. The standard InChI is InChI=1S/C23H22N4O4S/c24-11-15-3-5-16(6-4-15)21(28)25-7-8-26-20(13-25)23(30)27-12-18(10-19(27)22(26)29)32-14-17-2-1-9-31-17/h1-6,9,18-20H,7-8,10,12-14H2/t18-,19-,20-/m0/s1. The van der Waals surface area contributed by atoms with Crippen molar-refractivity contribution in [1.29, 1.82) is 5.26 Å². The molecule has 3 aliphatic rings. The number of nitriles is 1. The Kier molecular flexibility index (Phi) is 5.39. The first-order chi connectivity index (χ1) is 15.5. The van der Waals surface area contributed by atoms with Crippen LogP contribution in [0.15, 0.2) is 47.1 Å². The lowest BCUT2D eigenvalue weighted by Crippen LogP contribution is -2.69. The van der Waals surface area contributed by atoms with Crippen LogP contribution in [-0.4, -0.2) is 75.9 Å². The number of fused-ring (bicyclic) bond motifs is 2. The van der Waals surface area contributed by atoms with Gasteiger partial charge in [0.05, 0.1) is 30.2 Å². The molecule has 3 atom stereocenters. The van der Waals surface area contributed by atoms with Crippen molar-refractivity contribution in [1.82, 2.24) is 14.7 Å². The number of rotatable bonds is 4. The minimum absolute atomic E-state index is 0.0128. The van der Waals surface area contributed by atoms with E-state index in [1.54, 1.807) is 57.0 Å². The molecule has 4 heterocycles. The molecule has 164 valence electrons. The summed E-state index contributed by atoms with van der Waals surface area (Å²) in [7, 11) is 0. The van der Waals surface area contributed by atoms with E-state index in [1.165, 1.54) is 0 Å². The summed E-state index contributed by atoms with van der Waals surface area (Å²) in [6, 6.07) is 11.2. The number of benzene rings is 1. The highest BCUT2D eigenvalue weighted by atomic mass is 32.2. The molecule has 3 aliphatic heterocycles. The Morgan fingerprint density at radius 2 is 1.84 bits per heavy atom. The van der Waals surface area contributed by atoms with Crippen molar-refractivity contribution in [3.05, 3.63) is 59.5 Å². The maximum absolute atomic E-state index is 13.3. The zero-order chi connectivity index (χ0) is 22.2. The fourth-order valence-electron chi connectivity index (χ4n) is 4.69. The van der Waals surface area contributed by atoms with E-state index in [9.17, 15) is 14.4 Å². The molecule has 8 nitrogen and oxygen atoms in total. The Hall–Kier alpha value is -3.25. The normalized spacial score (nSPS) is 24.8. The number of amides is 3. The molecule has 2 aromatic rings. The van der Waals surface area contributed by atoms with Gasteiger partial charge >= 0.3 is 0 Å². The van der Waals surface area contributed by atoms with E-state index in [0.717, 1.165) is 5.76 Å². The van der Waals surface area contributed by atoms with Crippen molar-refractivity contribution < 1.29 is 18.8 Å². The van der Waals surface area contributed by atoms with Crippen LogP contribution in [0.25, 0.3) is 0 Å². The van der Waals surface area contributed by atoms with Crippen molar-refractivity contribution in [2.75, 3.05) is 26.2 Å². The van der Waals surface area contributed by atoms with Gasteiger partial charge in [-0.1, -0.05) is 0 Å². The van der Waals surface area contributed by atoms with Gasteiger partial charge in [-0.05, 0) is 42.8 Å². The van der Waals surface area contributed by atoms with Crippen molar-refractivity contribution in [3.8, 4) is 6.07 Å². The Balaban J connectivity index is 1.26. The van der Waals surface area contributed by atoms with Gasteiger partial charge in [-0.25, -0.2) is 0 Å². The smallest absolute Gasteiger partial charge is 0.253 e. The SMILES string of the molecule is N#Cc1ccc(C(=O)N2CCN3C(=O)[C@@H]4C[C@H](SCc5ccco5)CN4C(=O)[C@@H]3C2)cc1. The van der Waals surface area contributed by atoms with Crippen LogP contribution in [0.4, 0.5) is 0 Å². The fraction of sp³-hybridized carbons (Fsp3) is 0.391. The van der Waals surface area contributed by atoms with Gasteiger partial charge in [0.25, 0.3) is 5.91 Å². The van der Waals surface area contributed by atoms with Crippen LogP contribution in [0.5, 0.6) is 0 Å². The minimum atomic E-state index is -0.636. The lowest BCUT2D eigenvalue weighted by molar-refractivity contribution is -0.162. The van der Waals surface area contributed by atoms with Gasteiger partial charge in [-0.3, -0.25) is 14.4 Å². The van der Waals surface area contributed by atoms with Crippen molar-refractivity contribution in [2.45, 2.75) is 29.5 Å². The van der Waals surface area contributed by atoms with Gasteiger partial charge in [-0.2, -0.15) is 5.26 Å². The molecular formula is C23H22N4O4S. The molecule has 0 unspecified atom stereocenters. The van der Waals surface area contributed by atoms with Crippen LogP contribution in [0.2, 0.25) is 0 Å². The summed E-state index contributed by atoms with van der Waals surface area (Å²) >= 11 is 1.70. The highest BCUT2D eigenvalue weighted by molar-refractivity contribution is 7.99. The van der Waals surface area contributed by atoms with Gasteiger partial charge in [0.2, 0.25) is 11.8 Å². The summed E-state index contributed by atoms with van der Waals surface area (Å²) in [5.74, 6) is 1.31. The predicted molar refractivity (Wildman–Crippen MR) is 116 cm³/mol. The largest absolute Gasteiger partial charge is 0.468 e. The monoisotopic (exact) mass is 450 g/mol. The minimum Gasteiger partial charge on any atom is -0.468 e. The first kappa shape index (κ1) is 20.6. The molecule has 9 heteroatoms. The van der Waals surface area contributed by atoms with E-state index < -0.39 is 12.1 Å². The maximum Gasteiger partial charge on any atom is 0.253 e.